The summed E-state index contributed by atoms with van der Waals surface area (Å²) in [5, 5.41) is 3.36. The van der Waals surface area contributed by atoms with Crippen molar-refractivity contribution in [2.24, 2.45) is 0 Å². The Bertz CT molecular complexity index is 1100. The number of nitrogens with one attached hydrogen (secondary N) is 2. The normalized spacial score (nSPS) is 16.6. The lowest BCUT2D eigenvalue weighted by molar-refractivity contribution is -0.125. The summed E-state index contributed by atoms with van der Waals surface area (Å²) in [6.07, 6.45) is 5.65. The predicted octanol–water partition coefficient (Wildman–Crippen LogP) is 4.03. The Morgan fingerprint density at radius 1 is 1.23 bits per heavy atom. The minimum atomic E-state index is -3.86. The molecule has 2 aliphatic carbocycles. The number of ketones is 1. The van der Waals surface area contributed by atoms with Crippen molar-refractivity contribution in [3.05, 3.63) is 60.2 Å². The van der Waals surface area contributed by atoms with Gasteiger partial charge in [-0.1, -0.05) is 24.6 Å². The second kappa shape index (κ2) is 7.80. The van der Waals surface area contributed by atoms with Gasteiger partial charge in [-0.3, -0.25) is 9.52 Å². The molecule has 0 unspecified atom stereocenters. The summed E-state index contributed by atoms with van der Waals surface area (Å²) in [6, 6.07) is 10.1. The van der Waals surface area contributed by atoms with Crippen molar-refractivity contribution in [2.75, 3.05) is 23.7 Å². The highest BCUT2D eigenvalue weighted by Crippen LogP contribution is 2.52. The zero-order chi connectivity index (χ0) is 21.4. The first-order valence-corrected chi connectivity index (χ1v) is 11.6. The van der Waals surface area contributed by atoms with E-state index < -0.39 is 15.4 Å². The standard InChI is InChI=1S/C23H26N2O4S/c1-3-4-12-24-19-14-16(13-18-17(19)15-22(26)23(18)10-7-11-23)25-30(27,28)21-9-6-5-8-20(21)29-2/h3,5-6,8-9,13-14,24-25H,1,4,7,10-12,15H2,2H3. The minimum Gasteiger partial charge on any atom is -0.495 e. The smallest absolute Gasteiger partial charge is 0.265 e. The quantitative estimate of drug-likeness (QED) is 0.492. The Morgan fingerprint density at radius 2 is 2.00 bits per heavy atom. The molecule has 0 atom stereocenters. The van der Waals surface area contributed by atoms with Crippen LogP contribution in [0.25, 0.3) is 0 Å². The van der Waals surface area contributed by atoms with Gasteiger partial charge in [-0.05, 0) is 54.7 Å². The van der Waals surface area contributed by atoms with Crippen LogP contribution in [-0.4, -0.2) is 27.9 Å². The van der Waals surface area contributed by atoms with Gasteiger partial charge in [-0.25, -0.2) is 8.42 Å². The highest BCUT2D eigenvalue weighted by atomic mass is 32.2. The number of hydrogen-bond donors (Lipinski definition) is 2. The minimum absolute atomic E-state index is 0.0728. The van der Waals surface area contributed by atoms with Gasteiger partial charge in [-0.2, -0.15) is 0 Å². The number of methoxy groups -OCH3 is 1. The third-order valence-corrected chi connectivity index (χ3v) is 7.54. The van der Waals surface area contributed by atoms with Crippen molar-refractivity contribution in [3.8, 4) is 5.75 Å². The Kier molecular flexibility index (Phi) is 5.32. The van der Waals surface area contributed by atoms with Crippen molar-refractivity contribution >= 4 is 27.2 Å². The van der Waals surface area contributed by atoms with Gasteiger partial charge in [0.1, 0.15) is 16.4 Å². The Morgan fingerprint density at radius 3 is 2.67 bits per heavy atom. The molecule has 1 saturated carbocycles. The fourth-order valence-electron chi connectivity index (χ4n) is 4.42. The summed E-state index contributed by atoms with van der Waals surface area (Å²) < 4.78 is 34.1. The summed E-state index contributed by atoms with van der Waals surface area (Å²) in [7, 11) is -2.42. The van der Waals surface area contributed by atoms with E-state index in [1.807, 2.05) is 12.1 Å². The average Bonchev–Trinajstić information content (AvgIpc) is 3.00. The molecule has 0 saturated heterocycles. The molecule has 2 N–H and O–H groups in total. The molecule has 6 nitrogen and oxygen atoms in total. The van der Waals surface area contributed by atoms with E-state index in [0.29, 0.717) is 18.7 Å². The van der Waals surface area contributed by atoms with E-state index in [9.17, 15) is 13.2 Å². The van der Waals surface area contributed by atoms with Gasteiger partial charge < -0.3 is 10.1 Å². The molecule has 30 heavy (non-hydrogen) atoms. The number of carbonyl (C=O) groups is 1. The van der Waals surface area contributed by atoms with Gasteiger partial charge in [-0.15, -0.1) is 6.58 Å². The Labute approximate surface area is 177 Å². The van der Waals surface area contributed by atoms with E-state index in [1.165, 1.54) is 13.2 Å². The van der Waals surface area contributed by atoms with Crippen LogP contribution >= 0.6 is 0 Å². The Hall–Kier alpha value is -2.80. The van der Waals surface area contributed by atoms with Gasteiger partial charge in [0.15, 0.2) is 0 Å². The van der Waals surface area contributed by atoms with Gasteiger partial charge >= 0.3 is 0 Å². The van der Waals surface area contributed by atoms with Crippen LogP contribution in [0.15, 0.2) is 53.9 Å². The molecule has 0 aromatic heterocycles. The van der Waals surface area contributed by atoms with Crippen molar-refractivity contribution in [3.63, 3.8) is 0 Å². The first-order valence-electron chi connectivity index (χ1n) is 10.1. The van der Waals surface area contributed by atoms with E-state index in [4.69, 9.17) is 4.74 Å². The fraction of sp³-hybridized carbons (Fsp3) is 0.348. The van der Waals surface area contributed by atoms with Crippen LogP contribution in [0.3, 0.4) is 0 Å². The monoisotopic (exact) mass is 426 g/mol. The number of para-hydroxylation sites is 1. The van der Waals surface area contributed by atoms with E-state index in [-0.39, 0.29) is 16.4 Å². The predicted molar refractivity (Wildman–Crippen MR) is 118 cm³/mol. The third-order valence-electron chi connectivity index (χ3n) is 6.12. The van der Waals surface area contributed by atoms with Gasteiger partial charge in [0.25, 0.3) is 10.0 Å². The summed E-state index contributed by atoms with van der Waals surface area (Å²) in [6.45, 7) is 4.41. The van der Waals surface area contributed by atoms with E-state index in [1.54, 1.807) is 24.3 Å². The van der Waals surface area contributed by atoms with Crippen LogP contribution in [0.4, 0.5) is 11.4 Å². The first kappa shape index (κ1) is 20.5. The second-order valence-corrected chi connectivity index (χ2v) is 9.50. The van der Waals surface area contributed by atoms with Crippen LogP contribution in [0.1, 0.15) is 36.8 Å². The maximum atomic E-state index is 13.1. The van der Waals surface area contributed by atoms with E-state index >= 15 is 0 Å². The molecule has 1 fully saturated rings. The number of rotatable bonds is 8. The van der Waals surface area contributed by atoms with E-state index in [0.717, 1.165) is 42.5 Å². The largest absolute Gasteiger partial charge is 0.495 e. The molecule has 4 rings (SSSR count). The van der Waals surface area contributed by atoms with Crippen LogP contribution in [-0.2, 0) is 26.7 Å². The molecular formula is C23H26N2O4S. The number of carbonyl (C=O) groups excluding carboxylic acids is 1. The third kappa shape index (κ3) is 3.37. The highest BCUT2D eigenvalue weighted by molar-refractivity contribution is 7.92. The molecule has 0 amide bonds. The fourth-order valence-corrected chi connectivity index (χ4v) is 5.64. The van der Waals surface area contributed by atoms with Gasteiger partial charge in [0, 0.05) is 18.7 Å². The van der Waals surface area contributed by atoms with Crippen LogP contribution in [0.2, 0.25) is 0 Å². The number of anilines is 2. The molecule has 0 radical (unpaired) electrons. The summed E-state index contributed by atoms with van der Waals surface area (Å²) in [5.74, 6) is 0.515. The molecule has 0 heterocycles. The first-order chi connectivity index (χ1) is 14.4. The molecular weight excluding hydrogens is 400 g/mol. The lowest BCUT2D eigenvalue weighted by Crippen LogP contribution is -2.39. The zero-order valence-corrected chi connectivity index (χ0v) is 17.8. The molecule has 0 aliphatic heterocycles. The average molecular weight is 427 g/mol. The maximum Gasteiger partial charge on any atom is 0.265 e. The molecule has 158 valence electrons. The van der Waals surface area contributed by atoms with Crippen molar-refractivity contribution in [1.82, 2.24) is 0 Å². The SMILES string of the molecule is C=CCCNc1cc(NS(=O)(=O)c2ccccc2OC)cc2c1CC(=O)C21CCC1. The number of hydrogen-bond acceptors (Lipinski definition) is 5. The van der Waals surface area contributed by atoms with Crippen molar-refractivity contribution in [1.29, 1.82) is 0 Å². The summed E-state index contributed by atoms with van der Waals surface area (Å²) in [4.78, 5) is 12.9. The summed E-state index contributed by atoms with van der Waals surface area (Å²) >= 11 is 0. The number of ether oxygens (including phenoxy) is 1. The molecule has 1 spiro atoms. The van der Waals surface area contributed by atoms with Crippen molar-refractivity contribution in [2.45, 2.75) is 42.4 Å². The molecule has 0 bridgehead atoms. The molecule has 7 heteroatoms. The van der Waals surface area contributed by atoms with Crippen molar-refractivity contribution < 1.29 is 17.9 Å². The van der Waals surface area contributed by atoms with Crippen LogP contribution in [0.5, 0.6) is 5.75 Å². The second-order valence-electron chi connectivity index (χ2n) is 7.85. The number of sulfonamides is 1. The maximum absolute atomic E-state index is 13.1. The van der Waals surface area contributed by atoms with Gasteiger partial charge in [0.05, 0.1) is 18.2 Å². The lowest BCUT2D eigenvalue weighted by Gasteiger charge is -2.38. The van der Waals surface area contributed by atoms with Gasteiger partial charge in [0.2, 0.25) is 0 Å². The summed E-state index contributed by atoms with van der Waals surface area (Å²) in [5.41, 5.74) is 2.76. The topological polar surface area (TPSA) is 84.5 Å². The molecule has 2 aliphatic rings. The zero-order valence-electron chi connectivity index (χ0n) is 17.0. The number of fused-ring (bicyclic) bond motifs is 2. The lowest BCUT2D eigenvalue weighted by atomic mass is 9.64. The molecule has 2 aromatic rings. The Balaban J connectivity index is 1.74. The van der Waals surface area contributed by atoms with Crippen LogP contribution < -0.4 is 14.8 Å². The van der Waals surface area contributed by atoms with E-state index in [2.05, 4.69) is 16.6 Å². The number of Topliss-reactive ketones (excluding diaryl/α,β-unsaturated/α-hetero) is 1. The highest BCUT2D eigenvalue weighted by Gasteiger charge is 2.51. The number of benzene rings is 2. The van der Waals surface area contributed by atoms with Crippen LogP contribution in [0, 0.1) is 0 Å². The molecule has 2 aromatic carbocycles.